The summed E-state index contributed by atoms with van der Waals surface area (Å²) in [5.41, 5.74) is 1.29. The van der Waals surface area contributed by atoms with Gasteiger partial charge < -0.3 is 5.11 Å². The van der Waals surface area contributed by atoms with E-state index in [1.165, 1.54) is 0 Å². The first kappa shape index (κ1) is 10.7. The van der Waals surface area contributed by atoms with Gasteiger partial charge in [0.2, 0.25) is 0 Å². The van der Waals surface area contributed by atoms with Crippen LogP contribution in [0.15, 0.2) is 42.0 Å². The van der Waals surface area contributed by atoms with Gasteiger partial charge in [-0.15, -0.1) is 0 Å². The molecule has 0 fully saturated rings. The molecule has 1 aliphatic carbocycles. The number of hydrogen-bond donors (Lipinski definition) is 1. The lowest BCUT2D eigenvalue weighted by atomic mass is 10.1. The molecule has 1 N–H and O–H groups in total. The van der Waals surface area contributed by atoms with E-state index < -0.39 is 6.10 Å². The third-order valence-corrected chi connectivity index (χ3v) is 2.48. The van der Waals surface area contributed by atoms with Gasteiger partial charge in [0.15, 0.2) is 5.78 Å². The summed E-state index contributed by atoms with van der Waals surface area (Å²) in [6, 6.07) is 9.41. The average molecular weight is 212 g/mol. The van der Waals surface area contributed by atoms with Crippen molar-refractivity contribution in [3.63, 3.8) is 0 Å². The van der Waals surface area contributed by atoms with E-state index in [0.29, 0.717) is 12.0 Å². The van der Waals surface area contributed by atoms with Crippen LogP contribution in [0, 0.1) is 11.8 Å². The van der Waals surface area contributed by atoms with E-state index in [0.717, 1.165) is 12.0 Å². The van der Waals surface area contributed by atoms with E-state index >= 15 is 0 Å². The van der Waals surface area contributed by atoms with Gasteiger partial charge in [0.1, 0.15) is 6.10 Å². The van der Waals surface area contributed by atoms with E-state index in [4.69, 9.17) is 0 Å². The molecule has 2 rings (SSSR count). The predicted molar refractivity (Wildman–Crippen MR) is 61.7 cm³/mol. The molecule has 0 aliphatic heterocycles. The Labute approximate surface area is 94.6 Å². The first-order valence-corrected chi connectivity index (χ1v) is 5.25. The highest BCUT2D eigenvalue weighted by atomic mass is 16.3. The number of allylic oxidation sites excluding steroid dienone is 1. The maximum atomic E-state index is 11.3. The lowest BCUT2D eigenvalue weighted by Gasteiger charge is -2.01. The van der Waals surface area contributed by atoms with Crippen molar-refractivity contribution in [3.05, 3.63) is 47.5 Å². The van der Waals surface area contributed by atoms with Crippen LogP contribution in [-0.2, 0) is 4.79 Å². The zero-order chi connectivity index (χ0) is 11.4. The Morgan fingerprint density at radius 1 is 1.25 bits per heavy atom. The number of aliphatic hydroxyl groups excluding tert-OH is 1. The Morgan fingerprint density at radius 3 is 2.62 bits per heavy atom. The van der Waals surface area contributed by atoms with Crippen LogP contribution in [0.3, 0.4) is 0 Å². The molecular weight excluding hydrogens is 200 g/mol. The topological polar surface area (TPSA) is 37.3 Å². The average Bonchev–Trinajstić information content (AvgIpc) is 2.74. The molecule has 1 aromatic rings. The molecule has 1 aliphatic rings. The van der Waals surface area contributed by atoms with Gasteiger partial charge >= 0.3 is 0 Å². The summed E-state index contributed by atoms with van der Waals surface area (Å²) in [5.74, 6) is 5.55. The fraction of sp³-hybridized carbons (Fsp3) is 0.214. The highest BCUT2D eigenvalue weighted by Crippen LogP contribution is 2.16. The van der Waals surface area contributed by atoms with Crippen molar-refractivity contribution in [1.82, 2.24) is 0 Å². The largest absolute Gasteiger partial charge is 0.376 e. The number of ketones is 1. The molecule has 16 heavy (non-hydrogen) atoms. The minimum absolute atomic E-state index is 0.00913. The van der Waals surface area contributed by atoms with Crippen LogP contribution in [0.5, 0.6) is 0 Å². The van der Waals surface area contributed by atoms with Gasteiger partial charge in [-0.2, -0.15) is 0 Å². The number of carbonyl (C=O) groups excluding carboxylic acids is 1. The maximum Gasteiger partial charge on any atom is 0.162 e. The number of aliphatic hydroxyl groups is 1. The van der Waals surface area contributed by atoms with E-state index in [2.05, 4.69) is 11.8 Å². The summed E-state index contributed by atoms with van der Waals surface area (Å²) in [6.07, 6.45) is 2.04. The van der Waals surface area contributed by atoms with Crippen LogP contribution >= 0.6 is 0 Å². The number of rotatable bonds is 1. The minimum atomic E-state index is -0.949. The lowest BCUT2D eigenvalue weighted by Crippen LogP contribution is -2.12. The van der Waals surface area contributed by atoms with Gasteiger partial charge in [0.05, 0.1) is 0 Å². The monoisotopic (exact) mass is 212 g/mol. The molecule has 0 heterocycles. The minimum Gasteiger partial charge on any atom is -0.376 e. The molecule has 0 spiro atoms. The standard InChI is InChI=1S/C14H12O2/c15-13-8-4-7-12(13)14(16)10-9-11-5-2-1-3-6-11/h1-3,5-7,14,16H,4,8H2. The van der Waals surface area contributed by atoms with Crippen molar-refractivity contribution >= 4 is 5.78 Å². The Morgan fingerprint density at radius 2 is 2.00 bits per heavy atom. The molecule has 1 unspecified atom stereocenters. The smallest absolute Gasteiger partial charge is 0.162 e. The SMILES string of the molecule is O=C1CCC=C1C(O)C#Cc1ccccc1. The fourth-order valence-electron chi connectivity index (χ4n) is 1.63. The summed E-state index contributed by atoms with van der Waals surface area (Å²) in [4.78, 5) is 11.3. The van der Waals surface area contributed by atoms with Crippen molar-refractivity contribution < 1.29 is 9.90 Å². The maximum absolute atomic E-state index is 11.3. The van der Waals surface area contributed by atoms with E-state index in [1.807, 2.05) is 30.3 Å². The van der Waals surface area contributed by atoms with Crippen molar-refractivity contribution in [2.45, 2.75) is 18.9 Å². The normalized spacial score (nSPS) is 16.3. The van der Waals surface area contributed by atoms with Gasteiger partial charge in [-0.05, 0) is 18.6 Å². The predicted octanol–water partition coefficient (Wildman–Crippen LogP) is 1.69. The first-order valence-electron chi connectivity index (χ1n) is 5.25. The second-order valence-corrected chi connectivity index (χ2v) is 3.66. The highest BCUT2D eigenvalue weighted by Gasteiger charge is 2.20. The fourth-order valence-corrected chi connectivity index (χ4v) is 1.63. The van der Waals surface area contributed by atoms with Crippen LogP contribution in [0.1, 0.15) is 18.4 Å². The first-order chi connectivity index (χ1) is 7.77. The molecule has 0 saturated heterocycles. The summed E-state index contributed by atoms with van der Waals surface area (Å²) < 4.78 is 0. The molecule has 1 atom stereocenters. The molecule has 0 aromatic heterocycles. The van der Waals surface area contributed by atoms with Crippen molar-refractivity contribution in [2.75, 3.05) is 0 Å². The van der Waals surface area contributed by atoms with Crippen LogP contribution in [0.2, 0.25) is 0 Å². The molecular formula is C14H12O2. The van der Waals surface area contributed by atoms with Gasteiger partial charge in [0.25, 0.3) is 0 Å². The third kappa shape index (κ3) is 2.39. The lowest BCUT2D eigenvalue weighted by molar-refractivity contribution is -0.115. The molecule has 0 amide bonds. The van der Waals surface area contributed by atoms with Gasteiger partial charge in [-0.1, -0.05) is 36.1 Å². The summed E-state index contributed by atoms with van der Waals surface area (Å²) in [5, 5.41) is 9.72. The highest BCUT2D eigenvalue weighted by molar-refractivity contribution is 5.99. The molecule has 0 radical (unpaired) electrons. The van der Waals surface area contributed by atoms with Crippen molar-refractivity contribution in [2.24, 2.45) is 0 Å². The van der Waals surface area contributed by atoms with Crippen LogP contribution in [0.25, 0.3) is 0 Å². The molecule has 0 saturated carbocycles. The number of hydrogen-bond acceptors (Lipinski definition) is 2. The van der Waals surface area contributed by atoms with E-state index in [9.17, 15) is 9.90 Å². The van der Waals surface area contributed by atoms with Gasteiger partial charge in [0, 0.05) is 17.6 Å². The number of carbonyl (C=O) groups is 1. The van der Waals surface area contributed by atoms with Crippen molar-refractivity contribution in [3.8, 4) is 11.8 Å². The van der Waals surface area contributed by atoms with Gasteiger partial charge in [-0.25, -0.2) is 0 Å². The Kier molecular flexibility index (Phi) is 3.19. The molecule has 2 heteroatoms. The number of Topliss-reactive ketones (excluding diaryl/α,β-unsaturated/α-hetero) is 1. The zero-order valence-electron chi connectivity index (χ0n) is 8.81. The van der Waals surface area contributed by atoms with Crippen LogP contribution in [-0.4, -0.2) is 17.0 Å². The Balaban J connectivity index is 2.11. The third-order valence-electron chi connectivity index (χ3n) is 2.48. The van der Waals surface area contributed by atoms with Gasteiger partial charge in [-0.3, -0.25) is 4.79 Å². The van der Waals surface area contributed by atoms with Crippen LogP contribution < -0.4 is 0 Å². The summed E-state index contributed by atoms with van der Waals surface area (Å²) in [7, 11) is 0. The van der Waals surface area contributed by atoms with Crippen LogP contribution in [0.4, 0.5) is 0 Å². The molecule has 1 aromatic carbocycles. The van der Waals surface area contributed by atoms with E-state index in [1.54, 1.807) is 6.08 Å². The summed E-state index contributed by atoms with van der Waals surface area (Å²) >= 11 is 0. The van der Waals surface area contributed by atoms with E-state index in [-0.39, 0.29) is 5.78 Å². The quantitative estimate of drug-likeness (QED) is 0.719. The zero-order valence-corrected chi connectivity index (χ0v) is 8.81. The van der Waals surface area contributed by atoms with Crippen molar-refractivity contribution in [1.29, 1.82) is 0 Å². The Hall–Kier alpha value is -1.85. The molecule has 80 valence electrons. The second-order valence-electron chi connectivity index (χ2n) is 3.66. The Bertz CT molecular complexity index is 474. The molecule has 2 nitrogen and oxygen atoms in total. The second kappa shape index (κ2) is 4.78. The number of benzene rings is 1. The summed E-state index contributed by atoms with van der Waals surface area (Å²) in [6.45, 7) is 0. The molecule has 0 bridgehead atoms.